The molecular formula is C13H22N2OS. The van der Waals surface area contributed by atoms with Gasteiger partial charge in [-0.25, -0.2) is 0 Å². The van der Waals surface area contributed by atoms with Crippen molar-refractivity contribution >= 4 is 23.1 Å². The molecule has 0 unspecified atom stereocenters. The number of nitrogens with zero attached hydrogens (tertiary/aromatic N) is 1. The van der Waals surface area contributed by atoms with Crippen molar-refractivity contribution in [2.24, 2.45) is 17.1 Å². The highest BCUT2D eigenvalue weighted by atomic mass is 32.1. The minimum Gasteiger partial charge on any atom is -0.392 e. The standard InChI is InChI=1S/C13H22N2OS/c1-9(2)5-8-15(10-3-4-10)12(16)13(6-7-13)11(14)17/h9-10H,3-8H2,1-2H3,(H2,14,17). The Morgan fingerprint density at radius 2 is 2.06 bits per heavy atom. The molecule has 96 valence electrons. The van der Waals surface area contributed by atoms with Crippen molar-refractivity contribution < 1.29 is 4.79 Å². The van der Waals surface area contributed by atoms with Gasteiger partial charge >= 0.3 is 0 Å². The first-order valence-electron chi connectivity index (χ1n) is 6.58. The Balaban J connectivity index is 2.01. The van der Waals surface area contributed by atoms with Crippen molar-refractivity contribution in [1.82, 2.24) is 4.90 Å². The van der Waals surface area contributed by atoms with E-state index >= 15 is 0 Å². The highest BCUT2D eigenvalue weighted by molar-refractivity contribution is 7.80. The van der Waals surface area contributed by atoms with E-state index in [2.05, 4.69) is 13.8 Å². The molecule has 0 bridgehead atoms. The van der Waals surface area contributed by atoms with Gasteiger partial charge in [0, 0.05) is 12.6 Å². The second-order valence-electron chi connectivity index (χ2n) is 5.86. The van der Waals surface area contributed by atoms with E-state index in [0.717, 1.165) is 38.6 Å². The summed E-state index contributed by atoms with van der Waals surface area (Å²) in [5, 5.41) is 0. The maximum atomic E-state index is 12.5. The molecule has 4 heteroatoms. The zero-order chi connectivity index (χ0) is 12.6. The lowest BCUT2D eigenvalue weighted by atomic mass is 10.0. The fourth-order valence-electron chi connectivity index (χ4n) is 2.20. The lowest BCUT2D eigenvalue weighted by molar-refractivity contribution is -0.135. The highest BCUT2D eigenvalue weighted by Gasteiger charge is 2.55. The van der Waals surface area contributed by atoms with Gasteiger partial charge in [-0.15, -0.1) is 0 Å². The lowest BCUT2D eigenvalue weighted by Crippen LogP contribution is -2.44. The third-order valence-electron chi connectivity index (χ3n) is 3.83. The van der Waals surface area contributed by atoms with Crippen LogP contribution in [0, 0.1) is 11.3 Å². The van der Waals surface area contributed by atoms with Crippen LogP contribution in [-0.4, -0.2) is 28.4 Å². The van der Waals surface area contributed by atoms with Crippen LogP contribution in [0.2, 0.25) is 0 Å². The summed E-state index contributed by atoms with van der Waals surface area (Å²) < 4.78 is 0. The number of amides is 1. The van der Waals surface area contributed by atoms with Gasteiger partial charge in [-0.05, 0) is 38.0 Å². The van der Waals surface area contributed by atoms with Crippen LogP contribution in [0.15, 0.2) is 0 Å². The van der Waals surface area contributed by atoms with Gasteiger partial charge in [0.1, 0.15) is 0 Å². The van der Waals surface area contributed by atoms with Crippen LogP contribution >= 0.6 is 12.2 Å². The highest BCUT2D eigenvalue weighted by Crippen LogP contribution is 2.49. The van der Waals surface area contributed by atoms with Crippen molar-refractivity contribution in [2.75, 3.05) is 6.54 Å². The molecule has 0 aliphatic heterocycles. The SMILES string of the molecule is CC(C)CCN(C(=O)C1(C(N)=S)CC1)C1CC1. The first-order valence-corrected chi connectivity index (χ1v) is 6.99. The number of hydrogen-bond donors (Lipinski definition) is 1. The molecule has 0 aromatic rings. The van der Waals surface area contributed by atoms with Crippen LogP contribution in [0.3, 0.4) is 0 Å². The molecule has 1 amide bonds. The molecule has 0 heterocycles. The first kappa shape index (κ1) is 12.8. The quantitative estimate of drug-likeness (QED) is 0.738. The van der Waals surface area contributed by atoms with Crippen molar-refractivity contribution in [1.29, 1.82) is 0 Å². The van der Waals surface area contributed by atoms with Gasteiger partial charge in [-0.2, -0.15) is 0 Å². The Labute approximate surface area is 109 Å². The van der Waals surface area contributed by atoms with Crippen LogP contribution in [0.1, 0.15) is 46.0 Å². The number of carbonyl (C=O) groups is 1. The molecule has 2 aliphatic carbocycles. The number of nitrogens with two attached hydrogens (primary N) is 1. The molecule has 0 atom stereocenters. The summed E-state index contributed by atoms with van der Waals surface area (Å²) in [5.74, 6) is 0.831. The molecule has 0 radical (unpaired) electrons. The molecule has 0 saturated heterocycles. The topological polar surface area (TPSA) is 46.3 Å². The smallest absolute Gasteiger partial charge is 0.235 e. The summed E-state index contributed by atoms with van der Waals surface area (Å²) >= 11 is 5.06. The van der Waals surface area contributed by atoms with Crippen LogP contribution in [-0.2, 0) is 4.79 Å². The normalized spacial score (nSPS) is 21.4. The molecule has 3 nitrogen and oxygen atoms in total. The minimum absolute atomic E-state index is 0.202. The summed E-state index contributed by atoms with van der Waals surface area (Å²) in [4.78, 5) is 15.0. The number of carbonyl (C=O) groups excluding carboxylic acids is 1. The zero-order valence-corrected chi connectivity index (χ0v) is 11.6. The average Bonchev–Trinajstić information content (AvgIpc) is 3.11. The van der Waals surface area contributed by atoms with Crippen LogP contribution in [0.5, 0.6) is 0 Å². The van der Waals surface area contributed by atoms with Crippen molar-refractivity contribution in [3.8, 4) is 0 Å². The monoisotopic (exact) mass is 254 g/mol. The summed E-state index contributed by atoms with van der Waals surface area (Å²) in [5.41, 5.74) is 5.27. The molecule has 0 aromatic heterocycles. The molecule has 0 spiro atoms. The van der Waals surface area contributed by atoms with Gasteiger partial charge in [-0.1, -0.05) is 26.1 Å². The molecular weight excluding hydrogens is 232 g/mol. The Kier molecular flexibility index (Phi) is 3.43. The second-order valence-corrected chi connectivity index (χ2v) is 6.30. The molecule has 2 aliphatic rings. The Morgan fingerprint density at radius 1 is 1.47 bits per heavy atom. The number of hydrogen-bond acceptors (Lipinski definition) is 2. The molecule has 0 aromatic carbocycles. The zero-order valence-electron chi connectivity index (χ0n) is 10.7. The first-order chi connectivity index (χ1) is 7.97. The fourth-order valence-corrected chi connectivity index (χ4v) is 2.49. The minimum atomic E-state index is -0.463. The Bertz CT molecular complexity index is 332. The van der Waals surface area contributed by atoms with Crippen LogP contribution in [0.4, 0.5) is 0 Å². The van der Waals surface area contributed by atoms with E-state index in [-0.39, 0.29) is 5.91 Å². The van der Waals surface area contributed by atoms with Gasteiger partial charge in [0.25, 0.3) is 0 Å². The maximum absolute atomic E-state index is 12.5. The summed E-state index contributed by atoms with van der Waals surface area (Å²) in [7, 11) is 0. The summed E-state index contributed by atoms with van der Waals surface area (Å²) in [6.07, 6.45) is 5.07. The largest absolute Gasteiger partial charge is 0.392 e. The Hall–Kier alpha value is -0.640. The van der Waals surface area contributed by atoms with E-state index < -0.39 is 5.41 Å². The average molecular weight is 254 g/mol. The van der Waals surface area contributed by atoms with Crippen LogP contribution < -0.4 is 5.73 Å². The third-order valence-corrected chi connectivity index (χ3v) is 4.22. The van der Waals surface area contributed by atoms with E-state index in [9.17, 15) is 4.79 Å². The summed E-state index contributed by atoms with van der Waals surface area (Å²) in [6, 6.07) is 0.466. The predicted octanol–water partition coefficient (Wildman–Crippen LogP) is 2.09. The third kappa shape index (κ3) is 2.62. The van der Waals surface area contributed by atoms with Gasteiger partial charge in [0.2, 0.25) is 5.91 Å². The molecule has 2 rings (SSSR count). The maximum Gasteiger partial charge on any atom is 0.235 e. The lowest BCUT2D eigenvalue weighted by Gasteiger charge is -2.27. The predicted molar refractivity (Wildman–Crippen MR) is 72.6 cm³/mol. The fraction of sp³-hybridized carbons (Fsp3) is 0.846. The summed E-state index contributed by atoms with van der Waals surface area (Å²) in [6.45, 7) is 5.25. The van der Waals surface area contributed by atoms with Crippen molar-refractivity contribution in [2.45, 2.75) is 52.0 Å². The van der Waals surface area contributed by atoms with E-state index in [1.807, 2.05) is 4.90 Å². The van der Waals surface area contributed by atoms with Gasteiger partial charge < -0.3 is 10.6 Å². The molecule has 2 N–H and O–H groups in total. The van der Waals surface area contributed by atoms with Crippen molar-refractivity contribution in [3.63, 3.8) is 0 Å². The van der Waals surface area contributed by atoms with E-state index in [1.54, 1.807) is 0 Å². The second kappa shape index (κ2) is 4.56. The number of thiocarbonyl (C=S) groups is 1. The van der Waals surface area contributed by atoms with E-state index in [4.69, 9.17) is 18.0 Å². The molecule has 2 fully saturated rings. The Morgan fingerprint density at radius 3 is 2.41 bits per heavy atom. The molecule has 2 saturated carbocycles. The van der Waals surface area contributed by atoms with E-state index in [0.29, 0.717) is 16.9 Å². The van der Waals surface area contributed by atoms with Crippen molar-refractivity contribution in [3.05, 3.63) is 0 Å². The van der Waals surface area contributed by atoms with Gasteiger partial charge in [0.15, 0.2) is 0 Å². The van der Waals surface area contributed by atoms with Gasteiger partial charge in [0.05, 0.1) is 10.4 Å². The van der Waals surface area contributed by atoms with Gasteiger partial charge in [-0.3, -0.25) is 4.79 Å². The van der Waals surface area contributed by atoms with E-state index in [1.165, 1.54) is 0 Å². The van der Waals surface area contributed by atoms with Crippen LogP contribution in [0.25, 0.3) is 0 Å². The number of rotatable bonds is 6. The molecule has 17 heavy (non-hydrogen) atoms.